The quantitative estimate of drug-likeness (QED) is 0.654. The average molecular weight is 277 g/mol. The number of rotatable bonds is 4. The van der Waals surface area contributed by atoms with Gasteiger partial charge in [0.25, 0.3) is 0 Å². The highest BCUT2D eigenvalue weighted by Crippen LogP contribution is 2.30. The molecule has 0 atom stereocenters. The lowest BCUT2D eigenvalue weighted by molar-refractivity contribution is 0.425. The maximum Gasteiger partial charge on any atom is 0.148 e. The third-order valence-corrected chi connectivity index (χ3v) is 4.25. The Morgan fingerprint density at radius 2 is 1.85 bits per heavy atom. The number of nitrogen functional groups attached to an aromatic ring is 1. The third-order valence-electron chi connectivity index (χ3n) is 4.25. The number of nitrogens with two attached hydrogens (primary N) is 1. The monoisotopic (exact) mass is 277 g/mol. The summed E-state index contributed by atoms with van der Waals surface area (Å²) < 4.78 is 0. The fourth-order valence-electron chi connectivity index (χ4n) is 2.91. The standard InChI is InChI=1S/C15H27N5/c1-10(2)13-17-14(19-16)11(3)15(18-13)20(4)12-8-6-5-7-9-12/h10,12H,5-9,16H2,1-4H3,(H,17,18,19). The van der Waals surface area contributed by atoms with Gasteiger partial charge in [-0.3, -0.25) is 0 Å². The first-order valence-corrected chi connectivity index (χ1v) is 7.62. The molecule has 0 radical (unpaired) electrons. The molecule has 0 aromatic carbocycles. The minimum absolute atomic E-state index is 0.293. The molecule has 0 spiro atoms. The molecular formula is C15H27N5. The highest BCUT2D eigenvalue weighted by molar-refractivity contribution is 5.58. The van der Waals surface area contributed by atoms with Gasteiger partial charge in [0.05, 0.1) is 0 Å². The molecule has 1 aliphatic carbocycles. The number of anilines is 2. The first-order valence-electron chi connectivity index (χ1n) is 7.62. The van der Waals surface area contributed by atoms with Crippen molar-refractivity contribution >= 4 is 11.6 Å². The van der Waals surface area contributed by atoms with Gasteiger partial charge in [-0.05, 0) is 19.8 Å². The predicted molar refractivity (Wildman–Crippen MR) is 83.9 cm³/mol. The maximum atomic E-state index is 5.61. The van der Waals surface area contributed by atoms with Crippen LogP contribution in [0.1, 0.15) is 63.3 Å². The largest absolute Gasteiger partial charge is 0.356 e. The lowest BCUT2D eigenvalue weighted by Crippen LogP contribution is -2.35. The lowest BCUT2D eigenvalue weighted by Gasteiger charge is -2.33. The molecule has 1 aliphatic rings. The predicted octanol–water partition coefficient (Wildman–Crippen LogP) is 2.96. The summed E-state index contributed by atoms with van der Waals surface area (Å²) in [6, 6.07) is 0.586. The maximum absolute atomic E-state index is 5.61. The van der Waals surface area contributed by atoms with Crippen molar-refractivity contribution in [2.75, 3.05) is 17.4 Å². The summed E-state index contributed by atoms with van der Waals surface area (Å²) in [6.07, 6.45) is 6.50. The Bertz CT molecular complexity index is 452. The smallest absolute Gasteiger partial charge is 0.148 e. The van der Waals surface area contributed by atoms with Crippen molar-refractivity contribution < 1.29 is 0 Å². The van der Waals surface area contributed by atoms with Crippen LogP contribution in [0.25, 0.3) is 0 Å². The van der Waals surface area contributed by atoms with E-state index in [9.17, 15) is 0 Å². The zero-order valence-corrected chi connectivity index (χ0v) is 13.1. The SMILES string of the molecule is Cc1c(NN)nc(C(C)C)nc1N(C)C1CCCCC1. The molecule has 3 N–H and O–H groups in total. The van der Waals surface area contributed by atoms with Gasteiger partial charge in [0.2, 0.25) is 0 Å². The van der Waals surface area contributed by atoms with E-state index < -0.39 is 0 Å². The summed E-state index contributed by atoms with van der Waals surface area (Å²) in [4.78, 5) is 11.6. The Morgan fingerprint density at radius 3 is 2.40 bits per heavy atom. The van der Waals surface area contributed by atoms with Gasteiger partial charge < -0.3 is 10.3 Å². The average Bonchev–Trinajstić information content (AvgIpc) is 2.47. The van der Waals surface area contributed by atoms with E-state index in [1.54, 1.807) is 0 Å². The zero-order valence-electron chi connectivity index (χ0n) is 13.1. The highest BCUT2D eigenvalue weighted by Gasteiger charge is 2.23. The molecule has 1 heterocycles. The van der Waals surface area contributed by atoms with Crippen molar-refractivity contribution in [2.24, 2.45) is 5.84 Å². The lowest BCUT2D eigenvalue weighted by atomic mass is 9.94. The van der Waals surface area contributed by atoms with Crippen molar-refractivity contribution in [3.8, 4) is 0 Å². The Morgan fingerprint density at radius 1 is 1.20 bits per heavy atom. The number of aromatic nitrogens is 2. The van der Waals surface area contributed by atoms with Crippen LogP contribution in [0.3, 0.4) is 0 Å². The fourth-order valence-corrected chi connectivity index (χ4v) is 2.91. The second-order valence-electron chi connectivity index (χ2n) is 6.08. The summed E-state index contributed by atoms with van der Waals surface area (Å²) in [5, 5.41) is 0. The number of nitrogens with one attached hydrogen (secondary N) is 1. The van der Waals surface area contributed by atoms with E-state index in [-0.39, 0.29) is 0 Å². The van der Waals surface area contributed by atoms with Crippen LogP contribution in [0.2, 0.25) is 0 Å². The number of hydrogen-bond donors (Lipinski definition) is 2. The third kappa shape index (κ3) is 3.03. The Balaban J connectivity index is 2.35. The molecule has 5 nitrogen and oxygen atoms in total. The molecule has 1 aromatic heterocycles. The minimum Gasteiger partial charge on any atom is -0.356 e. The minimum atomic E-state index is 0.293. The summed E-state index contributed by atoms with van der Waals surface area (Å²) in [5.41, 5.74) is 3.74. The van der Waals surface area contributed by atoms with E-state index in [2.05, 4.69) is 36.2 Å². The topological polar surface area (TPSA) is 67.1 Å². The van der Waals surface area contributed by atoms with Crippen LogP contribution in [-0.4, -0.2) is 23.1 Å². The van der Waals surface area contributed by atoms with Crippen LogP contribution in [0.4, 0.5) is 11.6 Å². The van der Waals surface area contributed by atoms with Gasteiger partial charge in [0, 0.05) is 24.6 Å². The molecule has 0 amide bonds. The summed E-state index contributed by atoms with van der Waals surface area (Å²) in [6.45, 7) is 6.25. The molecule has 2 rings (SSSR count). The van der Waals surface area contributed by atoms with Gasteiger partial charge >= 0.3 is 0 Å². The number of nitrogens with zero attached hydrogens (tertiary/aromatic N) is 3. The highest BCUT2D eigenvalue weighted by atomic mass is 15.3. The molecule has 1 aromatic rings. The molecule has 1 saturated carbocycles. The Labute approximate surface area is 121 Å². The Hall–Kier alpha value is -1.36. The van der Waals surface area contributed by atoms with Crippen LogP contribution in [-0.2, 0) is 0 Å². The second-order valence-corrected chi connectivity index (χ2v) is 6.08. The molecule has 0 bridgehead atoms. The van der Waals surface area contributed by atoms with Crippen molar-refractivity contribution in [3.05, 3.63) is 11.4 Å². The first-order chi connectivity index (χ1) is 9.54. The van der Waals surface area contributed by atoms with Crippen LogP contribution < -0.4 is 16.2 Å². The van der Waals surface area contributed by atoms with Gasteiger partial charge in [-0.25, -0.2) is 15.8 Å². The van der Waals surface area contributed by atoms with E-state index in [1.165, 1.54) is 32.1 Å². The molecular weight excluding hydrogens is 250 g/mol. The van der Waals surface area contributed by atoms with Crippen molar-refractivity contribution in [2.45, 2.75) is 64.8 Å². The second kappa shape index (κ2) is 6.39. The van der Waals surface area contributed by atoms with Gasteiger partial charge in [-0.1, -0.05) is 33.1 Å². The summed E-state index contributed by atoms with van der Waals surface area (Å²) >= 11 is 0. The molecule has 0 aliphatic heterocycles. The molecule has 20 heavy (non-hydrogen) atoms. The van der Waals surface area contributed by atoms with E-state index in [4.69, 9.17) is 10.8 Å². The van der Waals surface area contributed by atoms with Crippen molar-refractivity contribution in [1.29, 1.82) is 0 Å². The van der Waals surface area contributed by atoms with Crippen LogP contribution in [0.15, 0.2) is 0 Å². The van der Waals surface area contributed by atoms with E-state index in [0.717, 1.165) is 23.0 Å². The van der Waals surface area contributed by atoms with Crippen molar-refractivity contribution in [1.82, 2.24) is 9.97 Å². The van der Waals surface area contributed by atoms with Crippen LogP contribution in [0.5, 0.6) is 0 Å². The van der Waals surface area contributed by atoms with Gasteiger partial charge in [0.15, 0.2) is 0 Å². The van der Waals surface area contributed by atoms with Crippen molar-refractivity contribution in [3.63, 3.8) is 0 Å². The normalized spacial score (nSPS) is 16.5. The van der Waals surface area contributed by atoms with Gasteiger partial charge in [-0.15, -0.1) is 0 Å². The number of hydrazine groups is 1. The fraction of sp³-hybridized carbons (Fsp3) is 0.733. The molecule has 112 valence electrons. The molecule has 5 heteroatoms. The zero-order chi connectivity index (χ0) is 14.7. The first kappa shape index (κ1) is 15.0. The van der Waals surface area contributed by atoms with Gasteiger partial charge in [-0.2, -0.15) is 0 Å². The van der Waals surface area contributed by atoms with Crippen LogP contribution in [0, 0.1) is 6.92 Å². The molecule has 1 fully saturated rings. The number of hydrogen-bond acceptors (Lipinski definition) is 5. The molecule has 0 unspecified atom stereocenters. The summed E-state index contributed by atoms with van der Waals surface area (Å²) in [5.74, 6) is 8.50. The molecule has 0 saturated heterocycles. The van der Waals surface area contributed by atoms with E-state index in [0.29, 0.717) is 12.0 Å². The summed E-state index contributed by atoms with van der Waals surface area (Å²) in [7, 11) is 2.15. The van der Waals surface area contributed by atoms with E-state index >= 15 is 0 Å². The van der Waals surface area contributed by atoms with E-state index in [1.807, 2.05) is 6.92 Å². The van der Waals surface area contributed by atoms with Gasteiger partial charge in [0.1, 0.15) is 17.5 Å². The van der Waals surface area contributed by atoms with Crippen LogP contribution >= 0.6 is 0 Å². The Kier molecular flexibility index (Phi) is 4.81.